The van der Waals surface area contributed by atoms with Crippen molar-refractivity contribution in [2.45, 2.75) is 0 Å². The predicted octanol–water partition coefficient (Wildman–Crippen LogP) is 0.324. The molecule has 9 heavy (non-hydrogen) atoms. The van der Waals surface area contributed by atoms with Crippen LogP contribution in [0.2, 0.25) is 0 Å². The number of alkyl halides is 1. The molecule has 0 aromatic heterocycles. The van der Waals surface area contributed by atoms with Gasteiger partial charge in [-0.05, 0) is 0 Å². The lowest BCUT2D eigenvalue weighted by atomic mass is 10.6. The predicted molar refractivity (Wildman–Crippen MR) is 34.0 cm³/mol. The Kier molecular flexibility index (Phi) is 4.75. The number of ether oxygens (including phenoxy) is 1. The summed E-state index contributed by atoms with van der Waals surface area (Å²) in [6.07, 6.45) is -0.820. The van der Waals surface area contributed by atoms with Crippen molar-refractivity contribution < 1.29 is 9.53 Å². The summed E-state index contributed by atoms with van der Waals surface area (Å²) in [7, 11) is 0. The zero-order valence-electron chi connectivity index (χ0n) is 4.69. The first kappa shape index (κ1) is 8.12. The van der Waals surface area contributed by atoms with Gasteiger partial charge in [0, 0.05) is 0 Å². The van der Waals surface area contributed by atoms with Crippen LogP contribution in [-0.2, 0) is 4.74 Å². The fourth-order valence-electron chi connectivity index (χ4n) is 0.205. The van der Waals surface area contributed by atoms with Crippen LogP contribution < -0.4 is 5.73 Å². The number of hydrogen-bond donors (Lipinski definition) is 1. The molecule has 0 unspecified atom stereocenters. The molecular formula is C5H6ClNO2. The quantitative estimate of drug-likeness (QED) is 0.429. The van der Waals surface area contributed by atoms with E-state index in [1.807, 2.05) is 0 Å². The van der Waals surface area contributed by atoms with Crippen molar-refractivity contribution >= 4 is 17.7 Å². The van der Waals surface area contributed by atoms with Gasteiger partial charge >= 0.3 is 6.09 Å². The van der Waals surface area contributed by atoms with E-state index in [9.17, 15) is 4.79 Å². The van der Waals surface area contributed by atoms with E-state index in [-0.39, 0.29) is 12.5 Å². The van der Waals surface area contributed by atoms with Crippen molar-refractivity contribution in [3.63, 3.8) is 0 Å². The number of rotatable bonds is 1. The summed E-state index contributed by atoms with van der Waals surface area (Å²) < 4.78 is 4.25. The molecule has 0 aromatic rings. The minimum atomic E-state index is -0.820. The number of nitrogens with two attached hydrogens (primary N) is 1. The number of carbonyl (C=O) groups excluding carboxylic acids is 1. The van der Waals surface area contributed by atoms with Gasteiger partial charge < -0.3 is 10.5 Å². The maximum absolute atomic E-state index is 9.86. The maximum atomic E-state index is 9.86. The zero-order chi connectivity index (χ0) is 7.11. The molecule has 4 heteroatoms. The van der Waals surface area contributed by atoms with Crippen LogP contribution in [0, 0.1) is 11.8 Å². The van der Waals surface area contributed by atoms with Crippen LogP contribution in [0.15, 0.2) is 0 Å². The SMILES string of the molecule is NC(=O)OCC#CCCl. The molecule has 0 rings (SSSR count). The zero-order valence-corrected chi connectivity index (χ0v) is 5.44. The van der Waals surface area contributed by atoms with Crippen molar-refractivity contribution in [3.05, 3.63) is 0 Å². The van der Waals surface area contributed by atoms with Crippen LogP contribution in [0.25, 0.3) is 0 Å². The number of primary amides is 1. The number of halogens is 1. The molecule has 0 aliphatic carbocycles. The molecule has 0 saturated heterocycles. The van der Waals surface area contributed by atoms with E-state index in [1.165, 1.54) is 0 Å². The summed E-state index contributed by atoms with van der Waals surface area (Å²) in [5.74, 6) is 5.19. The second-order valence-electron chi connectivity index (χ2n) is 1.09. The van der Waals surface area contributed by atoms with Crippen LogP contribution in [0.3, 0.4) is 0 Å². The van der Waals surface area contributed by atoms with Gasteiger partial charge in [0.05, 0.1) is 5.88 Å². The van der Waals surface area contributed by atoms with Gasteiger partial charge in [0.15, 0.2) is 6.61 Å². The van der Waals surface area contributed by atoms with E-state index in [0.29, 0.717) is 0 Å². The van der Waals surface area contributed by atoms with Crippen molar-refractivity contribution in [2.24, 2.45) is 5.73 Å². The van der Waals surface area contributed by atoms with Crippen molar-refractivity contribution in [2.75, 3.05) is 12.5 Å². The number of hydrogen-bond acceptors (Lipinski definition) is 2. The van der Waals surface area contributed by atoms with E-state index in [2.05, 4.69) is 22.3 Å². The van der Waals surface area contributed by atoms with E-state index in [4.69, 9.17) is 11.6 Å². The van der Waals surface area contributed by atoms with Crippen LogP contribution in [0.5, 0.6) is 0 Å². The second kappa shape index (κ2) is 5.26. The van der Waals surface area contributed by atoms with Crippen LogP contribution in [0.1, 0.15) is 0 Å². The average Bonchev–Trinajstić information content (AvgIpc) is 1.80. The Morgan fingerprint density at radius 1 is 1.67 bits per heavy atom. The van der Waals surface area contributed by atoms with Gasteiger partial charge in [-0.25, -0.2) is 4.79 Å². The first-order valence-corrected chi connectivity index (χ1v) is 2.74. The first-order chi connectivity index (χ1) is 4.27. The van der Waals surface area contributed by atoms with Crippen molar-refractivity contribution in [1.29, 1.82) is 0 Å². The molecule has 0 atom stereocenters. The standard InChI is InChI=1S/C5H6ClNO2/c6-3-1-2-4-9-5(7)8/h3-4H2,(H2,7,8). The van der Waals surface area contributed by atoms with Crippen LogP contribution in [-0.4, -0.2) is 18.6 Å². The summed E-state index contributed by atoms with van der Waals surface area (Å²) in [5.41, 5.74) is 4.61. The molecule has 0 bridgehead atoms. The fourth-order valence-corrected chi connectivity index (χ4v) is 0.300. The lowest BCUT2D eigenvalue weighted by Crippen LogP contribution is -2.12. The van der Waals surface area contributed by atoms with Gasteiger partial charge in [-0.1, -0.05) is 11.8 Å². The third-order valence-corrected chi connectivity index (χ3v) is 0.612. The summed E-state index contributed by atoms with van der Waals surface area (Å²) in [4.78, 5) is 9.86. The van der Waals surface area contributed by atoms with Crippen LogP contribution in [0.4, 0.5) is 4.79 Å². The van der Waals surface area contributed by atoms with Crippen molar-refractivity contribution in [1.82, 2.24) is 0 Å². The smallest absolute Gasteiger partial charge is 0.405 e. The molecule has 0 aliphatic rings. The molecule has 3 nitrogen and oxygen atoms in total. The second-order valence-corrected chi connectivity index (χ2v) is 1.36. The van der Waals surface area contributed by atoms with E-state index < -0.39 is 6.09 Å². The largest absolute Gasteiger partial charge is 0.437 e. The number of carbonyl (C=O) groups is 1. The van der Waals surface area contributed by atoms with Gasteiger partial charge in [0.2, 0.25) is 0 Å². The Balaban J connectivity index is 3.19. The summed E-state index contributed by atoms with van der Waals surface area (Å²) in [5, 5.41) is 0. The highest BCUT2D eigenvalue weighted by Gasteiger charge is 1.85. The van der Waals surface area contributed by atoms with Gasteiger partial charge in [0.25, 0.3) is 0 Å². The maximum Gasteiger partial charge on any atom is 0.405 e. The molecule has 0 heterocycles. The number of amides is 1. The average molecular weight is 148 g/mol. The Bertz CT molecular complexity index is 147. The Labute approximate surface area is 58.1 Å². The molecule has 50 valence electrons. The summed E-state index contributed by atoms with van der Waals surface area (Å²) in [6.45, 7) is 0.0159. The highest BCUT2D eigenvalue weighted by molar-refractivity contribution is 6.19. The third kappa shape index (κ3) is 7.12. The van der Waals surface area contributed by atoms with Gasteiger partial charge in [-0.3, -0.25) is 0 Å². The van der Waals surface area contributed by atoms with Gasteiger partial charge in [0.1, 0.15) is 0 Å². The first-order valence-electron chi connectivity index (χ1n) is 2.21. The Hall–Kier alpha value is -0.880. The highest BCUT2D eigenvalue weighted by Crippen LogP contribution is 1.71. The Morgan fingerprint density at radius 3 is 2.78 bits per heavy atom. The third-order valence-electron chi connectivity index (χ3n) is 0.478. The highest BCUT2D eigenvalue weighted by atomic mass is 35.5. The van der Waals surface area contributed by atoms with Gasteiger partial charge in [-0.2, -0.15) is 0 Å². The molecule has 0 saturated carbocycles. The summed E-state index contributed by atoms with van der Waals surface area (Å²) in [6, 6.07) is 0. The lowest BCUT2D eigenvalue weighted by Gasteiger charge is -1.89. The molecular weight excluding hydrogens is 142 g/mol. The lowest BCUT2D eigenvalue weighted by molar-refractivity contribution is 0.171. The minimum Gasteiger partial charge on any atom is -0.437 e. The topological polar surface area (TPSA) is 52.3 Å². The van der Waals surface area contributed by atoms with Gasteiger partial charge in [-0.15, -0.1) is 11.6 Å². The van der Waals surface area contributed by atoms with Crippen LogP contribution >= 0.6 is 11.6 Å². The molecule has 0 radical (unpaired) electrons. The Morgan fingerprint density at radius 2 is 2.33 bits per heavy atom. The van der Waals surface area contributed by atoms with Crippen molar-refractivity contribution in [3.8, 4) is 11.8 Å². The summed E-state index contributed by atoms with van der Waals surface area (Å²) >= 11 is 5.17. The van der Waals surface area contributed by atoms with E-state index in [1.54, 1.807) is 0 Å². The molecule has 0 spiro atoms. The molecule has 0 fully saturated rings. The molecule has 1 amide bonds. The minimum absolute atomic E-state index is 0.0159. The molecule has 2 N–H and O–H groups in total. The molecule has 0 aromatic carbocycles. The fraction of sp³-hybridized carbons (Fsp3) is 0.400. The van der Waals surface area contributed by atoms with E-state index >= 15 is 0 Å². The normalized spacial score (nSPS) is 7.22. The van der Waals surface area contributed by atoms with E-state index in [0.717, 1.165) is 0 Å². The molecule has 0 aliphatic heterocycles. The monoisotopic (exact) mass is 147 g/mol.